The lowest BCUT2D eigenvalue weighted by Crippen LogP contribution is -2.00. The molecule has 0 fully saturated rings. The lowest BCUT2D eigenvalue weighted by Gasteiger charge is -2.02. The number of ether oxygens (including phenoxy) is 1. The highest BCUT2D eigenvalue weighted by atomic mass is 32.1. The summed E-state index contributed by atoms with van der Waals surface area (Å²) in [5.74, 6) is -0.888. The van der Waals surface area contributed by atoms with Gasteiger partial charge in [-0.25, -0.2) is 4.79 Å². The van der Waals surface area contributed by atoms with Crippen LogP contribution in [0.5, 0.6) is 0 Å². The smallest absolute Gasteiger partial charge is 0.346 e. The molecule has 0 amide bonds. The van der Waals surface area contributed by atoms with E-state index in [2.05, 4.69) is 0 Å². The maximum atomic E-state index is 11.2. The zero-order chi connectivity index (χ0) is 13.0. The lowest BCUT2D eigenvalue weighted by molar-refractivity contribution is 0.0696. The molecule has 3 nitrogen and oxygen atoms in total. The molecule has 0 radical (unpaired) electrons. The molecule has 0 aliphatic heterocycles. The Bertz CT molecular complexity index is 584. The van der Waals surface area contributed by atoms with Crippen LogP contribution in [0.25, 0.3) is 10.1 Å². The Kier molecular flexibility index (Phi) is 4.12. The fourth-order valence-electron chi connectivity index (χ4n) is 1.74. The molecule has 0 aliphatic carbocycles. The van der Waals surface area contributed by atoms with Crippen molar-refractivity contribution in [2.75, 3.05) is 6.61 Å². The fraction of sp³-hybridized carbons (Fsp3) is 0.214. The molecule has 0 unspecified atom stereocenters. The van der Waals surface area contributed by atoms with Crippen LogP contribution in [0.1, 0.15) is 22.2 Å². The van der Waals surface area contributed by atoms with Crippen molar-refractivity contribution in [2.45, 2.75) is 13.5 Å². The average molecular weight is 262 g/mol. The van der Waals surface area contributed by atoms with Gasteiger partial charge in [0.15, 0.2) is 0 Å². The molecule has 18 heavy (non-hydrogen) atoms. The zero-order valence-corrected chi connectivity index (χ0v) is 10.9. The number of fused-ring (bicyclic) bond motifs is 1. The Balaban J connectivity index is 2.33. The molecule has 0 saturated heterocycles. The van der Waals surface area contributed by atoms with Gasteiger partial charge in [0.05, 0.1) is 13.2 Å². The minimum atomic E-state index is -0.888. The molecular weight excluding hydrogens is 248 g/mol. The number of carbonyl (C=O) groups is 1. The van der Waals surface area contributed by atoms with Crippen LogP contribution < -0.4 is 0 Å². The Morgan fingerprint density at radius 2 is 2.22 bits per heavy atom. The number of hydrogen-bond donors (Lipinski definition) is 1. The van der Waals surface area contributed by atoms with Gasteiger partial charge in [0, 0.05) is 10.3 Å². The van der Waals surface area contributed by atoms with Crippen LogP contribution >= 0.6 is 11.3 Å². The molecule has 0 saturated carbocycles. The SMILES string of the molecule is C/C=C/COCc1c(C(=O)O)sc2ccccc12. The van der Waals surface area contributed by atoms with E-state index in [-0.39, 0.29) is 0 Å². The van der Waals surface area contributed by atoms with Crippen LogP contribution in [-0.4, -0.2) is 17.7 Å². The molecular formula is C14H14O3S. The van der Waals surface area contributed by atoms with Gasteiger partial charge in [0.1, 0.15) is 4.88 Å². The Labute approximate surface area is 109 Å². The molecule has 0 spiro atoms. The largest absolute Gasteiger partial charge is 0.477 e. The van der Waals surface area contributed by atoms with Crippen molar-refractivity contribution in [3.8, 4) is 0 Å². The molecule has 0 aliphatic rings. The van der Waals surface area contributed by atoms with Crippen molar-refractivity contribution in [3.63, 3.8) is 0 Å². The molecule has 4 heteroatoms. The van der Waals surface area contributed by atoms with Gasteiger partial charge in [-0.3, -0.25) is 0 Å². The third kappa shape index (κ3) is 2.60. The van der Waals surface area contributed by atoms with E-state index >= 15 is 0 Å². The number of hydrogen-bond acceptors (Lipinski definition) is 3. The number of rotatable bonds is 5. The number of benzene rings is 1. The second-order valence-electron chi connectivity index (χ2n) is 3.80. The summed E-state index contributed by atoms with van der Waals surface area (Å²) in [5, 5.41) is 10.2. The Morgan fingerprint density at radius 1 is 1.44 bits per heavy atom. The monoisotopic (exact) mass is 262 g/mol. The quantitative estimate of drug-likeness (QED) is 0.660. The fourth-order valence-corrected chi connectivity index (χ4v) is 2.79. The second kappa shape index (κ2) is 5.80. The van der Waals surface area contributed by atoms with Gasteiger partial charge >= 0.3 is 5.97 Å². The van der Waals surface area contributed by atoms with Crippen molar-refractivity contribution in [1.29, 1.82) is 0 Å². The van der Waals surface area contributed by atoms with Crippen molar-refractivity contribution < 1.29 is 14.6 Å². The first kappa shape index (κ1) is 12.8. The van der Waals surface area contributed by atoms with E-state index in [4.69, 9.17) is 4.74 Å². The number of thiophene rings is 1. The summed E-state index contributed by atoms with van der Waals surface area (Å²) in [5.41, 5.74) is 0.771. The third-order valence-corrected chi connectivity index (χ3v) is 3.79. The van der Waals surface area contributed by atoms with Gasteiger partial charge in [-0.15, -0.1) is 11.3 Å². The van der Waals surface area contributed by atoms with E-state index < -0.39 is 5.97 Å². The summed E-state index contributed by atoms with van der Waals surface area (Å²) in [6.07, 6.45) is 3.80. The molecule has 94 valence electrons. The molecule has 1 aromatic carbocycles. The average Bonchev–Trinajstić information content (AvgIpc) is 2.74. The zero-order valence-electron chi connectivity index (χ0n) is 10.1. The number of carboxylic acids is 1. The van der Waals surface area contributed by atoms with Crippen LogP contribution in [0.15, 0.2) is 36.4 Å². The minimum Gasteiger partial charge on any atom is -0.477 e. The first-order valence-corrected chi connectivity index (χ1v) is 6.48. The van der Waals surface area contributed by atoms with Gasteiger partial charge in [0.2, 0.25) is 0 Å². The van der Waals surface area contributed by atoms with Gasteiger partial charge in [-0.05, 0) is 18.4 Å². The van der Waals surface area contributed by atoms with Gasteiger partial charge < -0.3 is 9.84 Å². The summed E-state index contributed by atoms with van der Waals surface area (Å²) in [7, 11) is 0. The molecule has 1 heterocycles. The predicted molar refractivity (Wildman–Crippen MR) is 73.3 cm³/mol. The summed E-state index contributed by atoms with van der Waals surface area (Å²) in [6, 6.07) is 7.69. The van der Waals surface area contributed by atoms with Crippen LogP contribution in [0.4, 0.5) is 0 Å². The maximum Gasteiger partial charge on any atom is 0.346 e. The number of aromatic carboxylic acids is 1. The second-order valence-corrected chi connectivity index (χ2v) is 4.85. The van der Waals surface area contributed by atoms with E-state index in [1.54, 1.807) is 0 Å². The highest BCUT2D eigenvalue weighted by Crippen LogP contribution is 2.31. The van der Waals surface area contributed by atoms with E-state index in [1.807, 2.05) is 43.3 Å². The van der Waals surface area contributed by atoms with E-state index in [0.717, 1.165) is 15.6 Å². The normalized spacial score (nSPS) is 11.4. The first-order valence-electron chi connectivity index (χ1n) is 5.66. The number of allylic oxidation sites excluding steroid dienone is 1. The van der Waals surface area contributed by atoms with Crippen LogP contribution in [0.3, 0.4) is 0 Å². The maximum absolute atomic E-state index is 11.2. The van der Waals surface area contributed by atoms with Crippen LogP contribution in [0, 0.1) is 0 Å². The predicted octanol–water partition coefficient (Wildman–Crippen LogP) is 3.69. The first-order chi connectivity index (χ1) is 8.74. The topological polar surface area (TPSA) is 46.5 Å². The van der Waals surface area contributed by atoms with Crippen LogP contribution in [0.2, 0.25) is 0 Å². The van der Waals surface area contributed by atoms with E-state index in [0.29, 0.717) is 18.1 Å². The van der Waals surface area contributed by atoms with Gasteiger partial charge in [-0.2, -0.15) is 0 Å². The molecule has 1 N–H and O–H groups in total. The molecule has 0 atom stereocenters. The molecule has 2 rings (SSSR count). The van der Waals surface area contributed by atoms with Gasteiger partial charge in [-0.1, -0.05) is 30.4 Å². The standard InChI is InChI=1S/C14H14O3S/c1-2-3-8-17-9-11-10-6-4-5-7-12(10)18-13(11)14(15)16/h2-7H,8-9H2,1H3,(H,15,16)/b3-2+. The lowest BCUT2D eigenvalue weighted by atomic mass is 10.1. The van der Waals surface area contributed by atoms with Crippen molar-refractivity contribution in [3.05, 3.63) is 46.9 Å². The summed E-state index contributed by atoms with van der Waals surface area (Å²) >= 11 is 1.30. The van der Waals surface area contributed by atoms with Crippen molar-refractivity contribution in [1.82, 2.24) is 0 Å². The van der Waals surface area contributed by atoms with E-state index in [1.165, 1.54) is 11.3 Å². The summed E-state index contributed by atoms with van der Waals surface area (Å²) in [4.78, 5) is 11.6. The molecule has 0 bridgehead atoms. The number of carboxylic acid groups (broad SMARTS) is 1. The van der Waals surface area contributed by atoms with Crippen molar-refractivity contribution in [2.24, 2.45) is 0 Å². The molecule has 2 aromatic rings. The van der Waals surface area contributed by atoms with Crippen LogP contribution in [-0.2, 0) is 11.3 Å². The highest BCUT2D eigenvalue weighted by Gasteiger charge is 2.17. The Hall–Kier alpha value is -1.65. The van der Waals surface area contributed by atoms with E-state index in [9.17, 15) is 9.90 Å². The molecule has 1 aromatic heterocycles. The minimum absolute atomic E-state index is 0.329. The highest BCUT2D eigenvalue weighted by molar-refractivity contribution is 7.21. The van der Waals surface area contributed by atoms with Gasteiger partial charge in [0.25, 0.3) is 0 Å². The summed E-state index contributed by atoms with van der Waals surface area (Å²) in [6.45, 7) is 2.75. The Morgan fingerprint density at radius 3 is 2.94 bits per heavy atom. The van der Waals surface area contributed by atoms with Crippen molar-refractivity contribution >= 4 is 27.4 Å². The summed E-state index contributed by atoms with van der Waals surface area (Å²) < 4.78 is 6.46. The third-order valence-electron chi connectivity index (χ3n) is 2.59.